The van der Waals surface area contributed by atoms with E-state index >= 15 is 0 Å². The van der Waals surface area contributed by atoms with E-state index in [2.05, 4.69) is 5.14 Å². The standard InChI is InChI=1S/C10H6O2.H3NO2S/c11-9-5-6-10(12)8-4-2-1-3-7(8)9;1-4(2)3/h1-6H;4H,(H2,1,2,3). The molecule has 0 spiro atoms. The van der Waals surface area contributed by atoms with Crippen LogP contribution in [0.15, 0.2) is 36.4 Å². The summed E-state index contributed by atoms with van der Waals surface area (Å²) >= 11 is 0. The minimum absolute atomic E-state index is 0.0924. The van der Waals surface area contributed by atoms with Crippen molar-refractivity contribution in [1.82, 2.24) is 0 Å². The van der Waals surface area contributed by atoms with E-state index in [1.54, 1.807) is 24.3 Å². The van der Waals surface area contributed by atoms with Crippen LogP contribution >= 0.6 is 0 Å². The summed E-state index contributed by atoms with van der Waals surface area (Å²) in [5.41, 5.74) is 1.01. The van der Waals surface area contributed by atoms with Gasteiger partial charge in [-0.05, 0) is 12.2 Å². The maximum absolute atomic E-state index is 11.2. The molecule has 1 aliphatic rings. The topological polar surface area (TPSA) is 94.3 Å². The maximum atomic E-state index is 11.2. The fraction of sp³-hybridized carbons (Fsp3) is 0. The normalized spacial score (nSPS) is 13.1. The van der Waals surface area contributed by atoms with E-state index in [-0.39, 0.29) is 11.6 Å². The number of allylic oxidation sites excluding steroid dienone is 2. The van der Waals surface area contributed by atoms with Crippen LogP contribution in [0.1, 0.15) is 20.7 Å². The van der Waals surface area contributed by atoms with E-state index in [1.165, 1.54) is 12.2 Å². The van der Waals surface area contributed by atoms with Gasteiger partial charge < -0.3 is 0 Å². The van der Waals surface area contributed by atoms with Crippen molar-refractivity contribution in [2.75, 3.05) is 0 Å². The summed E-state index contributed by atoms with van der Waals surface area (Å²) in [4.78, 5) is 22.4. The summed E-state index contributed by atoms with van der Waals surface area (Å²) in [5, 5.41) is 4.06. The Balaban J connectivity index is 0.000000280. The van der Waals surface area contributed by atoms with Crippen molar-refractivity contribution in [3.8, 4) is 0 Å². The largest absolute Gasteiger partial charge is 0.289 e. The zero-order valence-corrected chi connectivity index (χ0v) is 9.02. The Bertz CT molecular complexity index is 486. The lowest BCUT2D eigenvalue weighted by Gasteiger charge is -2.06. The Morgan fingerprint density at radius 1 is 0.875 bits per heavy atom. The second kappa shape index (κ2) is 5.34. The monoisotopic (exact) mass is 239 g/mol. The molecule has 16 heavy (non-hydrogen) atoms. The number of nitrogens with two attached hydrogens (primary N) is 1. The molecule has 0 saturated heterocycles. The van der Waals surface area contributed by atoms with Crippen LogP contribution in [0.2, 0.25) is 0 Å². The van der Waals surface area contributed by atoms with Crippen LogP contribution in [0.5, 0.6) is 0 Å². The molecule has 0 amide bonds. The van der Waals surface area contributed by atoms with Gasteiger partial charge in [0.15, 0.2) is 22.5 Å². The van der Waals surface area contributed by atoms with Gasteiger partial charge in [0.05, 0.1) is 0 Å². The third-order valence-corrected chi connectivity index (χ3v) is 1.84. The highest BCUT2D eigenvalue weighted by Gasteiger charge is 2.16. The van der Waals surface area contributed by atoms with Gasteiger partial charge in [0.2, 0.25) is 0 Å². The van der Waals surface area contributed by atoms with E-state index in [9.17, 15) is 9.59 Å². The third-order valence-electron chi connectivity index (χ3n) is 1.84. The van der Waals surface area contributed by atoms with Crippen LogP contribution < -0.4 is 5.14 Å². The minimum Gasteiger partial charge on any atom is -0.289 e. The van der Waals surface area contributed by atoms with Gasteiger partial charge >= 0.3 is 0 Å². The first-order chi connectivity index (χ1) is 7.52. The highest BCUT2D eigenvalue weighted by molar-refractivity contribution is 7.69. The molecule has 2 rings (SSSR count). The Hall–Kier alpha value is -1.79. The number of carbonyl (C=O) groups excluding carboxylic acids is 2. The van der Waals surface area contributed by atoms with Gasteiger partial charge in [-0.1, -0.05) is 24.3 Å². The van der Waals surface area contributed by atoms with Crippen LogP contribution in [0, 0.1) is 0 Å². The molecule has 84 valence electrons. The molecule has 0 atom stereocenters. The fourth-order valence-electron chi connectivity index (χ4n) is 1.24. The van der Waals surface area contributed by atoms with E-state index in [0.29, 0.717) is 11.1 Å². The summed E-state index contributed by atoms with van der Waals surface area (Å²) < 4.78 is 17.6. The Morgan fingerprint density at radius 3 is 1.50 bits per heavy atom. The molecular formula is C10H9NO4S. The highest BCUT2D eigenvalue weighted by atomic mass is 32.2. The number of carbonyl (C=O) groups is 2. The number of thiol groups is 1. The van der Waals surface area contributed by atoms with E-state index in [4.69, 9.17) is 8.42 Å². The van der Waals surface area contributed by atoms with Crippen LogP contribution in [0.3, 0.4) is 0 Å². The molecule has 1 aromatic rings. The molecule has 0 saturated carbocycles. The lowest BCUT2D eigenvalue weighted by molar-refractivity contribution is 0.0994. The molecular weight excluding hydrogens is 230 g/mol. The number of hydrogen-bond donors (Lipinski definition) is 2. The highest BCUT2D eigenvalue weighted by Crippen LogP contribution is 2.15. The molecule has 0 bridgehead atoms. The predicted molar refractivity (Wildman–Crippen MR) is 58.7 cm³/mol. The third kappa shape index (κ3) is 3.11. The number of hydrogen-bond acceptors (Lipinski definition) is 4. The van der Waals surface area contributed by atoms with Gasteiger partial charge in [0.25, 0.3) is 0 Å². The molecule has 1 aromatic carbocycles. The second-order valence-electron chi connectivity index (χ2n) is 2.89. The molecule has 0 radical (unpaired) electrons. The Kier molecular flexibility index (Phi) is 4.10. The molecule has 0 aliphatic heterocycles. The minimum atomic E-state index is -2.62. The lowest BCUT2D eigenvalue weighted by atomic mass is 9.95. The molecule has 0 aromatic heterocycles. The molecule has 6 heteroatoms. The fourth-order valence-corrected chi connectivity index (χ4v) is 1.24. The summed E-state index contributed by atoms with van der Waals surface area (Å²) in [7, 11) is -2.62. The van der Waals surface area contributed by atoms with Gasteiger partial charge in [-0.25, -0.2) is 13.6 Å². The number of rotatable bonds is 0. The molecule has 0 unspecified atom stereocenters. The van der Waals surface area contributed by atoms with E-state index in [1.807, 2.05) is 0 Å². The van der Waals surface area contributed by atoms with Crippen molar-refractivity contribution in [1.29, 1.82) is 0 Å². The Morgan fingerprint density at radius 2 is 1.19 bits per heavy atom. The average molecular weight is 239 g/mol. The molecule has 0 heterocycles. The van der Waals surface area contributed by atoms with E-state index in [0.717, 1.165) is 0 Å². The predicted octanol–water partition coefficient (Wildman–Crippen LogP) is 0.0933. The van der Waals surface area contributed by atoms with Gasteiger partial charge in [-0.2, -0.15) is 0 Å². The summed E-state index contributed by atoms with van der Waals surface area (Å²) in [6, 6.07) is 6.84. The first kappa shape index (κ1) is 12.3. The van der Waals surface area contributed by atoms with Crippen LogP contribution in [-0.2, 0) is 10.9 Å². The molecule has 2 N–H and O–H groups in total. The smallest absolute Gasteiger partial charge is 0.198 e. The SMILES string of the molecule is N[SH](=O)=O.O=C1C=CC(=O)c2ccccc21. The van der Waals surface area contributed by atoms with Gasteiger partial charge in [0, 0.05) is 11.1 Å². The van der Waals surface area contributed by atoms with Crippen LogP contribution in [0.25, 0.3) is 0 Å². The second-order valence-corrected chi connectivity index (χ2v) is 3.46. The zero-order chi connectivity index (χ0) is 12.1. The summed E-state index contributed by atoms with van der Waals surface area (Å²) in [6.07, 6.45) is 2.62. The Labute approximate surface area is 93.7 Å². The quantitative estimate of drug-likeness (QED) is 0.627. The maximum Gasteiger partial charge on any atom is 0.198 e. The van der Waals surface area contributed by atoms with E-state index < -0.39 is 10.9 Å². The van der Waals surface area contributed by atoms with Crippen molar-refractivity contribution >= 4 is 22.5 Å². The van der Waals surface area contributed by atoms with Gasteiger partial charge in [-0.15, -0.1) is 0 Å². The van der Waals surface area contributed by atoms with Crippen molar-refractivity contribution < 1.29 is 18.0 Å². The first-order valence-electron chi connectivity index (χ1n) is 4.27. The first-order valence-corrected chi connectivity index (χ1v) is 5.52. The summed E-state index contributed by atoms with van der Waals surface area (Å²) in [5.74, 6) is -0.185. The van der Waals surface area contributed by atoms with Crippen LogP contribution in [0.4, 0.5) is 0 Å². The summed E-state index contributed by atoms with van der Waals surface area (Å²) in [6.45, 7) is 0. The zero-order valence-electron chi connectivity index (χ0n) is 8.12. The number of fused-ring (bicyclic) bond motifs is 1. The van der Waals surface area contributed by atoms with Crippen molar-refractivity contribution in [3.05, 3.63) is 47.5 Å². The van der Waals surface area contributed by atoms with Gasteiger partial charge in [-0.3, -0.25) is 9.59 Å². The van der Waals surface area contributed by atoms with Crippen LogP contribution in [-0.4, -0.2) is 20.0 Å². The van der Waals surface area contributed by atoms with Gasteiger partial charge in [0.1, 0.15) is 0 Å². The lowest BCUT2D eigenvalue weighted by Crippen LogP contribution is -2.10. The van der Waals surface area contributed by atoms with Crippen molar-refractivity contribution in [3.63, 3.8) is 0 Å². The van der Waals surface area contributed by atoms with Crippen molar-refractivity contribution in [2.24, 2.45) is 5.14 Å². The van der Waals surface area contributed by atoms with Crippen molar-refractivity contribution in [2.45, 2.75) is 0 Å². The average Bonchev–Trinajstić information content (AvgIpc) is 2.23. The number of ketones is 2. The molecule has 5 nitrogen and oxygen atoms in total. The molecule has 1 aliphatic carbocycles. The number of benzene rings is 1. The molecule has 0 fully saturated rings.